The number of phenolic OH excluding ortho intramolecular Hbond substituents is 4. The van der Waals surface area contributed by atoms with E-state index in [1.807, 2.05) is 24.3 Å². The molecule has 0 unspecified atom stereocenters. The fourth-order valence-electron chi connectivity index (χ4n) is 5.79. The second-order valence-electron chi connectivity index (χ2n) is 14.9. The minimum atomic E-state index is -0.226. The molecule has 1 heterocycles. The van der Waals surface area contributed by atoms with Crippen LogP contribution in [0, 0.1) is 0 Å². The number of hydrogen-bond donors (Lipinski definition) is 4. The quantitative estimate of drug-likeness (QED) is 0.142. The Morgan fingerprint density at radius 2 is 0.560 bits per heavy atom. The number of fused-ring (bicyclic) bond motifs is 8. The van der Waals surface area contributed by atoms with E-state index in [1.54, 1.807) is 24.3 Å². The average molecular weight is 726 g/mol. The second kappa shape index (κ2) is 15.4. The predicted molar refractivity (Wildman–Crippen MR) is 194 cm³/mol. The Bertz CT molecular complexity index is 1720. The standard InChI is InChI=1S/C40H46Cl2O8/c1-39(2,3)31-7-23-15-47-16-24-8-32(40(4,5)6)10-26(36(24)44)18-49-20-28-12-34(42)14-30(38(28)46)22-50-21-29-13-33(41)11-27(37(29)45)19-48-17-25(9-31)35(23)43/h7-14,43-46H,15-22H2,1-6H3. The molecule has 8 bridgehead atoms. The first kappa shape index (κ1) is 37.7. The summed E-state index contributed by atoms with van der Waals surface area (Å²) < 4.78 is 24.1. The van der Waals surface area contributed by atoms with Crippen LogP contribution in [-0.4, -0.2) is 20.4 Å². The van der Waals surface area contributed by atoms with Gasteiger partial charge in [-0.25, -0.2) is 0 Å². The van der Waals surface area contributed by atoms with Crippen LogP contribution >= 0.6 is 23.2 Å². The van der Waals surface area contributed by atoms with E-state index in [0.717, 1.165) is 11.1 Å². The van der Waals surface area contributed by atoms with Crippen LogP contribution in [0.25, 0.3) is 0 Å². The number of aromatic hydroxyl groups is 4. The molecule has 0 aromatic heterocycles. The van der Waals surface area contributed by atoms with E-state index in [4.69, 9.17) is 42.1 Å². The maximum Gasteiger partial charge on any atom is 0.126 e. The minimum Gasteiger partial charge on any atom is -0.507 e. The van der Waals surface area contributed by atoms with E-state index in [0.29, 0.717) is 54.6 Å². The van der Waals surface area contributed by atoms with Gasteiger partial charge in [-0.15, -0.1) is 0 Å². The Morgan fingerprint density at radius 1 is 0.380 bits per heavy atom. The molecule has 4 N–H and O–H groups in total. The highest BCUT2D eigenvalue weighted by Gasteiger charge is 2.22. The first-order valence-corrected chi connectivity index (χ1v) is 17.3. The van der Waals surface area contributed by atoms with Crippen molar-refractivity contribution < 1.29 is 39.4 Å². The first-order valence-electron chi connectivity index (χ1n) is 16.5. The lowest BCUT2D eigenvalue weighted by molar-refractivity contribution is 0.0930. The van der Waals surface area contributed by atoms with Crippen LogP contribution in [0.1, 0.15) is 97.2 Å². The lowest BCUT2D eigenvalue weighted by atomic mass is 9.84. The summed E-state index contributed by atoms with van der Waals surface area (Å²) in [5, 5.41) is 45.6. The van der Waals surface area contributed by atoms with Gasteiger partial charge in [0, 0.05) is 54.6 Å². The van der Waals surface area contributed by atoms with Gasteiger partial charge in [0.25, 0.3) is 0 Å². The second-order valence-corrected chi connectivity index (χ2v) is 15.8. The van der Waals surface area contributed by atoms with Gasteiger partial charge >= 0.3 is 0 Å². The van der Waals surface area contributed by atoms with Crippen molar-refractivity contribution >= 4 is 23.2 Å². The number of benzene rings is 4. The van der Waals surface area contributed by atoms with E-state index >= 15 is 0 Å². The molecule has 10 heteroatoms. The van der Waals surface area contributed by atoms with Crippen molar-refractivity contribution in [2.45, 2.75) is 105 Å². The molecular weight excluding hydrogens is 679 g/mol. The van der Waals surface area contributed by atoms with Gasteiger partial charge in [0.15, 0.2) is 0 Å². The summed E-state index contributed by atoms with van der Waals surface area (Å²) in [6.07, 6.45) is 0. The summed E-state index contributed by atoms with van der Waals surface area (Å²) in [5.41, 5.74) is 5.69. The molecule has 268 valence electrons. The van der Waals surface area contributed by atoms with Gasteiger partial charge in [-0.3, -0.25) is 0 Å². The lowest BCUT2D eigenvalue weighted by Crippen LogP contribution is -2.14. The Hall–Kier alpha value is -3.50. The van der Waals surface area contributed by atoms with Crippen molar-refractivity contribution in [3.63, 3.8) is 0 Å². The number of halogens is 2. The Morgan fingerprint density at radius 3 is 0.740 bits per heavy atom. The Labute approximate surface area is 304 Å². The van der Waals surface area contributed by atoms with Crippen molar-refractivity contribution in [2.75, 3.05) is 0 Å². The van der Waals surface area contributed by atoms with Gasteiger partial charge in [-0.2, -0.15) is 0 Å². The number of ether oxygens (including phenoxy) is 4. The predicted octanol–water partition coefficient (Wildman–Crippen LogP) is 9.59. The molecule has 0 radical (unpaired) electrons. The molecule has 0 saturated carbocycles. The third-order valence-electron chi connectivity index (χ3n) is 8.79. The summed E-state index contributed by atoms with van der Waals surface area (Å²) in [6, 6.07) is 14.2. The summed E-state index contributed by atoms with van der Waals surface area (Å²) >= 11 is 12.8. The van der Waals surface area contributed by atoms with Crippen LogP contribution in [0.4, 0.5) is 0 Å². The van der Waals surface area contributed by atoms with Gasteiger partial charge in [0.2, 0.25) is 0 Å². The van der Waals surface area contributed by atoms with Crippen LogP contribution < -0.4 is 0 Å². The molecule has 4 aromatic rings. The van der Waals surface area contributed by atoms with Crippen LogP contribution in [-0.2, 0) is 82.6 Å². The summed E-state index contributed by atoms with van der Waals surface area (Å²) in [5.74, 6) is 0.0857. The topological polar surface area (TPSA) is 118 Å². The fourth-order valence-corrected chi connectivity index (χ4v) is 6.31. The van der Waals surface area contributed by atoms with Crippen LogP contribution in [0.3, 0.4) is 0 Å². The zero-order chi connectivity index (χ0) is 36.4. The lowest BCUT2D eigenvalue weighted by Gasteiger charge is -2.23. The van der Waals surface area contributed by atoms with Crippen molar-refractivity contribution in [1.29, 1.82) is 0 Å². The molecule has 1 aliphatic rings. The molecule has 50 heavy (non-hydrogen) atoms. The highest BCUT2D eigenvalue weighted by atomic mass is 35.5. The third-order valence-corrected chi connectivity index (χ3v) is 9.23. The Kier molecular flexibility index (Phi) is 11.6. The normalized spacial score (nSPS) is 15.4. The molecule has 0 fully saturated rings. The van der Waals surface area contributed by atoms with Gasteiger partial charge < -0.3 is 39.4 Å². The minimum absolute atomic E-state index is 0.000678. The number of rotatable bonds is 0. The number of phenols is 4. The van der Waals surface area contributed by atoms with Crippen molar-refractivity contribution in [2.24, 2.45) is 0 Å². The third kappa shape index (κ3) is 9.04. The molecule has 5 rings (SSSR count). The van der Waals surface area contributed by atoms with Crippen molar-refractivity contribution in [3.8, 4) is 23.0 Å². The van der Waals surface area contributed by atoms with E-state index in [-0.39, 0.29) is 86.7 Å². The fraction of sp³-hybridized carbons (Fsp3) is 0.400. The monoisotopic (exact) mass is 724 g/mol. The molecule has 8 nitrogen and oxygen atoms in total. The molecular formula is C40H46Cl2O8. The van der Waals surface area contributed by atoms with Crippen LogP contribution in [0.5, 0.6) is 23.0 Å². The molecule has 0 spiro atoms. The summed E-state index contributed by atoms with van der Waals surface area (Å²) in [4.78, 5) is 0. The van der Waals surface area contributed by atoms with Gasteiger partial charge in [0.05, 0.1) is 52.9 Å². The first-order chi connectivity index (χ1) is 23.5. The Balaban J connectivity index is 1.52. The van der Waals surface area contributed by atoms with Gasteiger partial charge in [0.1, 0.15) is 23.0 Å². The maximum atomic E-state index is 11.3. The molecule has 0 amide bonds. The SMILES string of the molecule is CC(C)(C)c1cc2c(O)c(c1)COCc1cc(C(C)(C)C)cc(c1O)COCc1cc(Cl)cc(c1O)COCc1cc(Cl)cc(c1O)COC2. The maximum absolute atomic E-state index is 11.3. The zero-order valence-electron chi connectivity index (χ0n) is 29.5. The van der Waals surface area contributed by atoms with E-state index < -0.39 is 0 Å². The van der Waals surface area contributed by atoms with Gasteiger partial charge in [-0.05, 0) is 70.5 Å². The number of hydrogen-bond acceptors (Lipinski definition) is 8. The van der Waals surface area contributed by atoms with Crippen molar-refractivity contribution in [1.82, 2.24) is 0 Å². The van der Waals surface area contributed by atoms with Crippen molar-refractivity contribution in [3.05, 3.63) is 114 Å². The molecule has 1 aliphatic heterocycles. The highest BCUT2D eigenvalue weighted by molar-refractivity contribution is 6.31. The highest BCUT2D eigenvalue weighted by Crippen LogP contribution is 2.36. The van der Waals surface area contributed by atoms with E-state index in [9.17, 15) is 20.4 Å². The van der Waals surface area contributed by atoms with Crippen LogP contribution in [0.15, 0.2) is 48.5 Å². The average Bonchev–Trinajstić information content (AvgIpc) is 3.02. The molecule has 0 aliphatic carbocycles. The summed E-state index contributed by atoms with van der Waals surface area (Å²) in [7, 11) is 0. The summed E-state index contributed by atoms with van der Waals surface area (Å²) in [6.45, 7) is 12.9. The van der Waals surface area contributed by atoms with Crippen LogP contribution in [0.2, 0.25) is 10.0 Å². The largest absolute Gasteiger partial charge is 0.507 e. The molecule has 0 saturated heterocycles. The van der Waals surface area contributed by atoms with E-state index in [2.05, 4.69) is 41.5 Å². The van der Waals surface area contributed by atoms with Gasteiger partial charge in [-0.1, -0.05) is 64.7 Å². The molecule has 4 aromatic carbocycles. The molecule has 0 atom stereocenters. The smallest absolute Gasteiger partial charge is 0.126 e. The zero-order valence-corrected chi connectivity index (χ0v) is 31.0. The van der Waals surface area contributed by atoms with E-state index in [1.165, 1.54) is 0 Å².